The van der Waals surface area contributed by atoms with E-state index in [-0.39, 0.29) is 5.78 Å². The average molecular weight is 200 g/mol. The Morgan fingerprint density at radius 1 is 1.38 bits per heavy atom. The lowest BCUT2D eigenvalue weighted by molar-refractivity contribution is -0.109. The summed E-state index contributed by atoms with van der Waals surface area (Å²) in [6.07, 6.45) is 1.70. The first-order chi connectivity index (χ1) is 6.05. The number of allylic oxidation sites excluding steroid dienone is 2. The third-order valence-electron chi connectivity index (χ3n) is 2.47. The van der Waals surface area contributed by atoms with E-state index in [1.807, 2.05) is 20.8 Å². The number of rotatable bonds is 3. The highest BCUT2D eigenvalue weighted by Gasteiger charge is 2.24. The number of hydrogen-bond acceptors (Lipinski definition) is 2. The summed E-state index contributed by atoms with van der Waals surface area (Å²) in [4.78, 5) is 12.3. The number of carbonyl (C=O) groups is 1. The third kappa shape index (κ3) is 1.70. The SMILES string of the molecule is CCCC1=C(C)S(=O)(CC)=CC1=O. The van der Waals surface area contributed by atoms with Crippen LogP contribution < -0.4 is 0 Å². The van der Waals surface area contributed by atoms with E-state index in [0.717, 1.165) is 23.3 Å². The summed E-state index contributed by atoms with van der Waals surface area (Å²) in [6.45, 7) is 5.72. The van der Waals surface area contributed by atoms with Crippen molar-refractivity contribution in [2.45, 2.75) is 33.6 Å². The van der Waals surface area contributed by atoms with E-state index >= 15 is 0 Å². The van der Waals surface area contributed by atoms with Crippen LogP contribution in [-0.2, 0) is 14.3 Å². The molecule has 0 spiro atoms. The van der Waals surface area contributed by atoms with Crippen molar-refractivity contribution < 1.29 is 9.00 Å². The topological polar surface area (TPSA) is 34.1 Å². The predicted molar refractivity (Wildman–Crippen MR) is 57.4 cm³/mol. The third-order valence-corrected chi connectivity index (χ3v) is 5.20. The molecule has 1 rings (SSSR count). The van der Waals surface area contributed by atoms with Gasteiger partial charge in [0.05, 0.1) is 0 Å². The smallest absolute Gasteiger partial charge is 0.190 e. The summed E-state index contributed by atoms with van der Waals surface area (Å²) >= 11 is 0. The molecule has 1 atom stereocenters. The van der Waals surface area contributed by atoms with Gasteiger partial charge >= 0.3 is 0 Å². The Hall–Kier alpha value is -0.570. The van der Waals surface area contributed by atoms with E-state index in [0.29, 0.717) is 5.75 Å². The summed E-state index contributed by atoms with van der Waals surface area (Å²) in [6, 6.07) is 0. The van der Waals surface area contributed by atoms with Gasteiger partial charge in [-0.3, -0.25) is 9.00 Å². The molecule has 1 unspecified atom stereocenters. The predicted octanol–water partition coefficient (Wildman–Crippen LogP) is 1.75. The molecule has 0 fully saturated rings. The molecule has 0 aromatic carbocycles. The quantitative estimate of drug-likeness (QED) is 0.650. The Labute approximate surface area is 80.0 Å². The van der Waals surface area contributed by atoms with Crippen LogP contribution >= 0.6 is 0 Å². The van der Waals surface area contributed by atoms with E-state index in [1.165, 1.54) is 5.37 Å². The molecule has 0 saturated heterocycles. The highest BCUT2D eigenvalue weighted by Crippen LogP contribution is 2.23. The van der Waals surface area contributed by atoms with Crippen LogP contribution in [0.3, 0.4) is 0 Å². The molecule has 0 aliphatic carbocycles. The second kappa shape index (κ2) is 3.66. The van der Waals surface area contributed by atoms with Crippen LogP contribution in [0.1, 0.15) is 33.6 Å². The van der Waals surface area contributed by atoms with Crippen molar-refractivity contribution in [1.82, 2.24) is 0 Å². The maximum atomic E-state index is 12.0. The van der Waals surface area contributed by atoms with Crippen molar-refractivity contribution in [3.8, 4) is 0 Å². The van der Waals surface area contributed by atoms with Gasteiger partial charge in [-0.15, -0.1) is 0 Å². The molecule has 0 bridgehead atoms. The van der Waals surface area contributed by atoms with E-state index < -0.39 is 9.52 Å². The zero-order valence-electron chi connectivity index (χ0n) is 8.42. The van der Waals surface area contributed by atoms with Crippen molar-refractivity contribution in [2.24, 2.45) is 0 Å². The molecule has 13 heavy (non-hydrogen) atoms. The van der Waals surface area contributed by atoms with Gasteiger partial charge in [-0.25, -0.2) is 0 Å². The fourth-order valence-electron chi connectivity index (χ4n) is 1.56. The Morgan fingerprint density at radius 2 is 2.00 bits per heavy atom. The molecular weight excluding hydrogens is 184 g/mol. The van der Waals surface area contributed by atoms with Crippen molar-refractivity contribution in [1.29, 1.82) is 0 Å². The molecule has 1 aliphatic rings. The van der Waals surface area contributed by atoms with Crippen LogP contribution in [0, 0.1) is 0 Å². The molecule has 0 N–H and O–H groups in total. The summed E-state index contributed by atoms with van der Waals surface area (Å²) in [7, 11) is -2.09. The van der Waals surface area contributed by atoms with Crippen molar-refractivity contribution in [3.63, 3.8) is 0 Å². The number of ketones is 1. The number of hydrogen-bond donors (Lipinski definition) is 0. The van der Waals surface area contributed by atoms with Crippen LogP contribution in [0.2, 0.25) is 0 Å². The first-order valence-corrected chi connectivity index (χ1v) is 6.45. The molecular formula is C10H16O2S. The Kier molecular flexibility index (Phi) is 2.96. The zero-order valence-corrected chi connectivity index (χ0v) is 9.24. The summed E-state index contributed by atoms with van der Waals surface area (Å²) in [5.41, 5.74) is 0.786. The number of Topliss-reactive ketones (excluding diaryl/α,β-unsaturated/α-hetero) is 1. The average Bonchev–Trinajstić information content (AvgIpc) is 2.31. The van der Waals surface area contributed by atoms with Gasteiger partial charge in [0.2, 0.25) is 0 Å². The highest BCUT2D eigenvalue weighted by molar-refractivity contribution is 8.06. The standard InChI is InChI=1S/C10H16O2S/c1-4-6-9-8(3)13(12,5-2)7-10(9)11/h7H,4-6H2,1-3H3. The van der Waals surface area contributed by atoms with E-state index in [4.69, 9.17) is 0 Å². The van der Waals surface area contributed by atoms with Crippen LogP contribution in [0.15, 0.2) is 10.5 Å². The van der Waals surface area contributed by atoms with Crippen LogP contribution in [0.4, 0.5) is 0 Å². The van der Waals surface area contributed by atoms with Gasteiger partial charge in [-0.2, -0.15) is 0 Å². The first-order valence-electron chi connectivity index (χ1n) is 4.66. The van der Waals surface area contributed by atoms with Crippen LogP contribution in [0.5, 0.6) is 0 Å². The lowest BCUT2D eigenvalue weighted by Gasteiger charge is -2.04. The van der Waals surface area contributed by atoms with Crippen molar-refractivity contribution in [2.75, 3.05) is 5.75 Å². The first kappa shape index (κ1) is 10.5. The van der Waals surface area contributed by atoms with Gasteiger partial charge in [0.1, 0.15) is 0 Å². The van der Waals surface area contributed by atoms with Gasteiger partial charge in [-0.05, 0) is 13.3 Å². The van der Waals surface area contributed by atoms with Gasteiger partial charge in [0.25, 0.3) is 0 Å². The lowest BCUT2D eigenvalue weighted by Crippen LogP contribution is -2.04. The maximum Gasteiger partial charge on any atom is 0.190 e. The minimum absolute atomic E-state index is 0.00815. The summed E-state index contributed by atoms with van der Waals surface area (Å²) in [5, 5.41) is 1.42. The normalized spacial score (nSPS) is 28.1. The highest BCUT2D eigenvalue weighted by atomic mass is 32.2. The minimum Gasteiger partial charge on any atom is -0.289 e. The van der Waals surface area contributed by atoms with Gasteiger partial charge in [0.15, 0.2) is 5.78 Å². The molecule has 2 nitrogen and oxygen atoms in total. The molecule has 74 valence electrons. The fourth-order valence-corrected chi connectivity index (χ4v) is 3.45. The number of carbonyl (C=O) groups excluding carboxylic acids is 1. The molecule has 0 aromatic rings. The largest absolute Gasteiger partial charge is 0.289 e. The lowest BCUT2D eigenvalue weighted by atomic mass is 10.1. The van der Waals surface area contributed by atoms with Gasteiger partial charge in [-0.1, -0.05) is 20.3 Å². The van der Waals surface area contributed by atoms with Gasteiger partial charge in [0, 0.05) is 31.1 Å². The Balaban J connectivity index is 3.16. The summed E-state index contributed by atoms with van der Waals surface area (Å²) in [5.74, 6) is 0.545. The molecule has 1 aliphatic heterocycles. The van der Waals surface area contributed by atoms with Crippen molar-refractivity contribution in [3.05, 3.63) is 10.5 Å². The van der Waals surface area contributed by atoms with Crippen LogP contribution in [0.25, 0.3) is 0 Å². The van der Waals surface area contributed by atoms with Crippen molar-refractivity contribution >= 4 is 20.7 Å². The zero-order chi connectivity index (χ0) is 10.1. The molecule has 0 radical (unpaired) electrons. The molecule has 0 aromatic heterocycles. The maximum absolute atomic E-state index is 12.0. The molecule has 3 heteroatoms. The second-order valence-electron chi connectivity index (χ2n) is 3.28. The minimum atomic E-state index is -2.09. The molecule has 1 heterocycles. The molecule has 0 amide bonds. The fraction of sp³-hybridized carbons (Fsp3) is 0.600. The monoisotopic (exact) mass is 200 g/mol. The van der Waals surface area contributed by atoms with E-state index in [1.54, 1.807) is 0 Å². The van der Waals surface area contributed by atoms with E-state index in [9.17, 15) is 9.00 Å². The Morgan fingerprint density at radius 3 is 2.38 bits per heavy atom. The molecule has 0 saturated carbocycles. The second-order valence-corrected chi connectivity index (χ2v) is 6.16. The van der Waals surface area contributed by atoms with E-state index in [2.05, 4.69) is 0 Å². The summed E-state index contributed by atoms with van der Waals surface area (Å²) < 4.78 is 12.0. The Bertz CT molecular complexity index is 368. The van der Waals surface area contributed by atoms with Gasteiger partial charge < -0.3 is 0 Å². The van der Waals surface area contributed by atoms with Crippen LogP contribution in [-0.4, -0.2) is 21.1 Å².